The van der Waals surface area contributed by atoms with Gasteiger partial charge in [0, 0.05) is 17.6 Å². The average Bonchev–Trinajstić information content (AvgIpc) is 2.73. The van der Waals surface area contributed by atoms with Gasteiger partial charge in [0.15, 0.2) is 11.5 Å². The fraction of sp³-hybridized carbons (Fsp3) is 0.250. The van der Waals surface area contributed by atoms with E-state index in [0.717, 1.165) is 11.1 Å². The van der Waals surface area contributed by atoms with Gasteiger partial charge in [0.1, 0.15) is 12.4 Å². The van der Waals surface area contributed by atoms with Crippen LogP contribution >= 0.6 is 11.6 Å². The molecule has 0 saturated heterocycles. The Balaban J connectivity index is 1.60. The molecular formula is C24H25ClFNO2. The van der Waals surface area contributed by atoms with Crippen molar-refractivity contribution < 1.29 is 13.9 Å². The smallest absolute Gasteiger partial charge is 0.163 e. The third kappa shape index (κ3) is 5.72. The van der Waals surface area contributed by atoms with Crippen LogP contribution < -0.4 is 14.8 Å². The minimum absolute atomic E-state index is 0.177. The lowest BCUT2D eigenvalue weighted by Crippen LogP contribution is -2.17. The molecule has 0 bridgehead atoms. The maximum atomic E-state index is 13.7. The summed E-state index contributed by atoms with van der Waals surface area (Å²) in [7, 11) is 1.61. The van der Waals surface area contributed by atoms with Gasteiger partial charge in [-0.3, -0.25) is 0 Å². The van der Waals surface area contributed by atoms with Crippen LogP contribution in [0.2, 0.25) is 5.02 Å². The van der Waals surface area contributed by atoms with Crippen molar-refractivity contribution in [3.8, 4) is 11.5 Å². The normalized spacial score (nSPS) is 10.8. The molecule has 5 heteroatoms. The van der Waals surface area contributed by atoms with Gasteiger partial charge >= 0.3 is 0 Å². The van der Waals surface area contributed by atoms with Crippen molar-refractivity contribution in [2.45, 2.75) is 26.5 Å². The molecule has 3 aromatic rings. The fourth-order valence-corrected chi connectivity index (χ4v) is 3.28. The zero-order valence-electron chi connectivity index (χ0n) is 16.7. The molecule has 0 spiro atoms. The number of rotatable bonds is 9. The molecule has 152 valence electrons. The molecule has 0 aromatic heterocycles. The lowest BCUT2D eigenvalue weighted by molar-refractivity contribution is 0.283. The van der Waals surface area contributed by atoms with E-state index in [1.165, 1.54) is 11.6 Å². The number of hydrogen-bond donors (Lipinski definition) is 1. The van der Waals surface area contributed by atoms with E-state index in [1.807, 2.05) is 30.3 Å². The molecule has 0 aliphatic carbocycles. The maximum absolute atomic E-state index is 13.7. The molecule has 0 heterocycles. The highest BCUT2D eigenvalue weighted by Gasteiger charge is 2.11. The Morgan fingerprint density at radius 1 is 0.931 bits per heavy atom. The molecule has 29 heavy (non-hydrogen) atoms. The Labute approximate surface area is 176 Å². The first-order chi connectivity index (χ1) is 14.1. The van der Waals surface area contributed by atoms with E-state index in [0.29, 0.717) is 48.2 Å². The molecule has 0 unspecified atom stereocenters. The summed E-state index contributed by atoms with van der Waals surface area (Å²) in [6.07, 6.45) is 0.610. The summed E-state index contributed by atoms with van der Waals surface area (Å²) in [5, 5.41) is 3.91. The van der Waals surface area contributed by atoms with Crippen LogP contribution in [0.1, 0.15) is 22.3 Å². The van der Waals surface area contributed by atoms with E-state index < -0.39 is 0 Å². The number of hydrogen-bond acceptors (Lipinski definition) is 3. The van der Waals surface area contributed by atoms with Gasteiger partial charge in [-0.2, -0.15) is 0 Å². The number of halogens is 2. The summed E-state index contributed by atoms with van der Waals surface area (Å²) in [6, 6.07) is 18.6. The fourth-order valence-electron chi connectivity index (χ4n) is 3.06. The zero-order chi connectivity index (χ0) is 20.6. The highest BCUT2D eigenvalue weighted by Crippen LogP contribution is 2.34. The average molecular weight is 414 g/mol. The standard InChI is InChI=1S/C24H25ClFNO2/c1-17-7-3-4-9-19(17)16-29-24-14-21(25)20(13-23(24)28-2)15-27-12-11-18-8-5-6-10-22(18)26/h3-10,13-14,27H,11-12,15-16H2,1-2H3. The van der Waals surface area contributed by atoms with Crippen molar-refractivity contribution in [3.05, 3.63) is 93.8 Å². The molecule has 3 nitrogen and oxygen atoms in total. The van der Waals surface area contributed by atoms with Crippen molar-refractivity contribution in [1.29, 1.82) is 0 Å². The van der Waals surface area contributed by atoms with Gasteiger partial charge in [-0.1, -0.05) is 54.1 Å². The quantitative estimate of drug-likeness (QED) is 0.456. The second kappa shape index (κ2) is 10.3. The maximum Gasteiger partial charge on any atom is 0.163 e. The van der Waals surface area contributed by atoms with E-state index >= 15 is 0 Å². The Morgan fingerprint density at radius 2 is 1.66 bits per heavy atom. The van der Waals surface area contributed by atoms with Crippen LogP contribution in [-0.4, -0.2) is 13.7 Å². The predicted octanol–water partition coefficient (Wildman–Crippen LogP) is 5.71. The lowest BCUT2D eigenvalue weighted by atomic mass is 10.1. The van der Waals surface area contributed by atoms with E-state index in [-0.39, 0.29) is 5.82 Å². The second-order valence-corrected chi connectivity index (χ2v) is 7.24. The molecule has 3 rings (SSSR count). The molecular weight excluding hydrogens is 389 g/mol. The van der Waals surface area contributed by atoms with Crippen molar-refractivity contribution in [2.75, 3.05) is 13.7 Å². The molecule has 0 fully saturated rings. The van der Waals surface area contributed by atoms with Crippen LogP contribution in [0.3, 0.4) is 0 Å². The highest BCUT2D eigenvalue weighted by molar-refractivity contribution is 6.31. The topological polar surface area (TPSA) is 30.5 Å². The number of aryl methyl sites for hydroxylation is 1. The van der Waals surface area contributed by atoms with Crippen LogP contribution in [0.5, 0.6) is 11.5 Å². The van der Waals surface area contributed by atoms with Crippen molar-refractivity contribution in [2.24, 2.45) is 0 Å². The number of ether oxygens (including phenoxy) is 2. The van der Waals surface area contributed by atoms with E-state index in [9.17, 15) is 4.39 Å². The minimum Gasteiger partial charge on any atom is -0.493 e. The van der Waals surface area contributed by atoms with Gasteiger partial charge in [0.25, 0.3) is 0 Å². The van der Waals surface area contributed by atoms with Crippen molar-refractivity contribution in [3.63, 3.8) is 0 Å². The zero-order valence-corrected chi connectivity index (χ0v) is 17.4. The third-order valence-corrected chi connectivity index (χ3v) is 5.17. The molecule has 0 aliphatic rings. The summed E-state index contributed by atoms with van der Waals surface area (Å²) in [5.41, 5.74) is 3.89. The van der Waals surface area contributed by atoms with Gasteiger partial charge in [-0.05, 0) is 54.3 Å². The minimum atomic E-state index is -0.177. The first-order valence-electron chi connectivity index (χ1n) is 9.56. The molecule has 0 radical (unpaired) electrons. The van der Waals surface area contributed by atoms with Crippen LogP contribution in [0, 0.1) is 12.7 Å². The Hall–Kier alpha value is -2.56. The molecule has 3 aromatic carbocycles. The summed E-state index contributed by atoms with van der Waals surface area (Å²) in [4.78, 5) is 0. The summed E-state index contributed by atoms with van der Waals surface area (Å²) in [5.74, 6) is 1.06. The third-order valence-electron chi connectivity index (χ3n) is 4.82. The van der Waals surface area contributed by atoms with Gasteiger partial charge in [0.2, 0.25) is 0 Å². The van der Waals surface area contributed by atoms with Crippen molar-refractivity contribution >= 4 is 11.6 Å². The number of nitrogens with one attached hydrogen (secondary N) is 1. The van der Waals surface area contributed by atoms with Crippen LogP contribution in [0.15, 0.2) is 60.7 Å². The SMILES string of the molecule is COc1cc(CNCCc2ccccc2F)c(Cl)cc1OCc1ccccc1C. The predicted molar refractivity (Wildman–Crippen MR) is 115 cm³/mol. The van der Waals surface area contributed by atoms with Crippen molar-refractivity contribution in [1.82, 2.24) is 5.32 Å². The van der Waals surface area contributed by atoms with Gasteiger partial charge in [-0.25, -0.2) is 4.39 Å². The molecule has 0 saturated carbocycles. The molecule has 0 amide bonds. The van der Waals surface area contributed by atoms with Gasteiger partial charge in [0.05, 0.1) is 7.11 Å². The van der Waals surface area contributed by atoms with Crippen LogP contribution in [-0.2, 0) is 19.6 Å². The second-order valence-electron chi connectivity index (χ2n) is 6.83. The Morgan fingerprint density at radius 3 is 2.38 bits per heavy atom. The van der Waals surface area contributed by atoms with E-state index in [1.54, 1.807) is 25.3 Å². The first kappa shape index (κ1) is 21.2. The molecule has 0 aliphatic heterocycles. The van der Waals surface area contributed by atoms with Gasteiger partial charge in [-0.15, -0.1) is 0 Å². The first-order valence-corrected chi connectivity index (χ1v) is 9.94. The van der Waals surface area contributed by atoms with Crippen LogP contribution in [0.25, 0.3) is 0 Å². The van der Waals surface area contributed by atoms with E-state index in [4.69, 9.17) is 21.1 Å². The molecule has 0 atom stereocenters. The Bertz CT molecular complexity index is 961. The number of methoxy groups -OCH3 is 1. The van der Waals surface area contributed by atoms with Crippen LogP contribution in [0.4, 0.5) is 4.39 Å². The van der Waals surface area contributed by atoms with E-state index in [2.05, 4.69) is 18.3 Å². The summed E-state index contributed by atoms with van der Waals surface area (Å²) < 4.78 is 25.1. The number of benzene rings is 3. The summed E-state index contributed by atoms with van der Waals surface area (Å²) in [6.45, 7) is 3.70. The monoisotopic (exact) mass is 413 g/mol. The Kier molecular flexibility index (Phi) is 7.50. The lowest BCUT2D eigenvalue weighted by Gasteiger charge is -2.15. The van der Waals surface area contributed by atoms with Gasteiger partial charge < -0.3 is 14.8 Å². The summed E-state index contributed by atoms with van der Waals surface area (Å²) >= 11 is 6.46. The largest absolute Gasteiger partial charge is 0.493 e. The molecule has 1 N–H and O–H groups in total. The highest BCUT2D eigenvalue weighted by atomic mass is 35.5.